The van der Waals surface area contributed by atoms with Gasteiger partial charge in [-0.25, -0.2) is 0 Å². The molecule has 0 unspecified atom stereocenters. The van der Waals surface area contributed by atoms with Gasteiger partial charge in [-0.15, -0.1) is 0 Å². The molecule has 1 aromatic carbocycles. The van der Waals surface area contributed by atoms with Gasteiger partial charge < -0.3 is 15.0 Å². The Labute approximate surface area is 189 Å². The molecule has 0 fully saturated rings. The lowest BCUT2D eigenvalue weighted by Crippen LogP contribution is -3.12. The van der Waals surface area contributed by atoms with E-state index >= 15 is 0 Å². The minimum atomic E-state index is -0.344. The first-order valence-corrected chi connectivity index (χ1v) is 12.2. The third kappa shape index (κ3) is 10.3. The molecule has 0 bridgehead atoms. The van der Waals surface area contributed by atoms with Crippen LogP contribution < -0.4 is 15.0 Å². The van der Waals surface area contributed by atoms with Gasteiger partial charge in [-0.2, -0.15) is 0 Å². The zero-order chi connectivity index (χ0) is 23.2. The first kappa shape index (κ1) is 27.2. The molecule has 0 heterocycles. The number of amides is 1. The Hall–Kier alpha value is -1.88. The van der Waals surface area contributed by atoms with E-state index in [0.29, 0.717) is 12.3 Å². The van der Waals surface area contributed by atoms with E-state index in [-0.39, 0.29) is 36.6 Å². The number of hydrogen-bond donors (Lipinski definition) is 2. The molecule has 5 nitrogen and oxygen atoms in total. The molecule has 0 aliphatic carbocycles. The van der Waals surface area contributed by atoms with E-state index in [1.54, 1.807) is 4.90 Å². The maximum atomic E-state index is 12.5. The summed E-state index contributed by atoms with van der Waals surface area (Å²) < 4.78 is 5.76. The zero-order valence-electron chi connectivity index (χ0n) is 20.7. The van der Waals surface area contributed by atoms with Crippen LogP contribution in [0.1, 0.15) is 103 Å². The Morgan fingerprint density at radius 2 is 1.45 bits per heavy atom. The third-order valence-corrected chi connectivity index (χ3v) is 5.66. The lowest BCUT2D eigenvalue weighted by Gasteiger charge is -2.19. The van der Waals surface area contributed by atoms with E-state index < -0.39 is 0 Å². The van der Waals surface area contributed by atoms with Crippen molar-refractivity contribution in [2.24, 2.45) is 0 Å². The molecule has 0 aromatic heterocycles. The molecular formula is C26H45N2O3+. The van der Waals surface area contributed by atoms with Crippen LogP contribution in [0.3, 0.4) is 0 Å². The second-order valence-corrected chi connectivity index (χ2v) is 9.11. The molecule has 0 saturated carbocycles. The van der Waals surface area contributed by atoms with Crippen molar-refractivity contribution in [2.45, 2.75) is 91.9 Å². The third-order valence-electron chi connectivity index (χ3n) is 5.66. The van der Waals surface area contributed by atoms with E-state index in [4.69, 9.17) is 4.74 Å². The molecular weight excluding hydrogens is 388 g/mol. The summed E-state index contributed by atoms with van der Waals surface area (Å²) in [5.74, 6) is 0.766. The Morgan fingerprint density at radius 3 is 1.94 bits per heavy atom. The van der Waals surface area contributed by atoms with Gasteiger partial charge >= 0.3 is 5.97 Å². The predicted octanol–water partition coefficient (Wildman–Crippen LogP) is 4.22. The number of carbonyl (C=O) groups is 2. The van der Waals surface area contributed by atoms with Crippen LogP contribution in [-0.2, 0) is 9.59 Å². The van der Waals surface area contributed by atoms with Crippen LogP contribution >= 0.6 is 0 Å². The summed E-state index contributed by atoms with van der Waals surface area (Å²) in [5, 5.41) is 2.98. The highest BCUT2D eigenvalue weighted by atomic mass is 16.5. The number of para-hydroxylation sites is 1. The summed E-state index contributed by atoms with van der Waals surface area (Å²) in [6.07, 6.45) is 5.09. The Morgan fingerprint density at radius 1 is 0.903 bits per heavy atom. The fourth-order valence-corrected chi connectivity index (χ4v) is 3.68. The average Bonchev–Trinajstić information content (AvgIpc) is 2.73. The molecule has 31 heavy (non-hydrogen) atoms. The molecule has 2 N–H and O–H groups in total. The van der Waals surface area contributed by atoms with Crippen LogP contribution in [0.4, 0.5) is 0 Å². The highest BCUT2D eigenvalue weighted by Crippen LogP contribution is 2.34. The highest BCUT2D eigenvalue weighted by molar-refractivity contribution is 5.82. The maximum Gasteiger partial charge on any atom is 0.311 e. The first-order valence-electron chi connectivity index (χ1n) is 12.2. The summed E-state index contributed by atoms with van der Waals surface area (Å²) in [7, 11) is 0. The van der Waals surface area contributed by atoms with Gasteiger partial charge in [-0.3, -0.25) is 9.59 Å². The fraction of sp³-hybridized carbons (Fsp3) is 0.692. The summed E-state index contributed by atoms with van der Waals surface area (Å²) >= 11 is 0. The zero-order valence-corrected chi connectivity index (χ0v) is 20.7. The molecule has 0 aliphatic heterocycles. The number of benzene rings is 1. The normalized spacial score (nSPS) is 11.4. The van der Waals surface area contributed by atoms with Gasteiger partial charge in [-0.05, 0) is 35.8 Å². The van der Waals surface area contributed by atoms with Gasteiger partial charge in [0, 0.05) is 6.42 Å². The summed E-state index contributed by atoms with van der Waals surface area (Å²) in [6.45, 7) is 16.7. The molecule has 176 valence electrons. The first-order chi connectivity index (χ1) is 14.8. The molecule has 1 aromatic rings. The van der Waals surface area contributed by atoms with E-state index in [0.717, 1.165) is 30.8 Å². The molecule has 5 heteroatoms. The minimum absolute atomic E-state index is 0.0801. The molecule has 0 spiro atoms. The van der Waals surface area contributed by atoms with Crippen LogP contribution in [0, 0.1) is 0 Å². The number of esters is 1. The molecule has 0 radical (unpaired) electrons. The van der Waals surface area contributed by atoms with E-state index in [2.05, 4.69) is 46.9 Å². The Bertz CT molecular complexity index is 636. The van der Waals surface area contributed by atoms with Crippen molar-refractivity contribution in [3.63, 3.8) is 0 Å². The minimum Gasteiger partial charge on any atom is -0.426 e. The smallest absolute Gasteiger partial charge is 0.311 e. The second kappa shape index (κ2) is 15.0. The fourth-order valence-electron chi connectivity index (χ4n) is 3.68. The van der Waals surface area contributed by atoms with Crippen LogP contribution in [0.15, 0.2) is 18.2 Å². The topological polar surface area (TPSA) is 59.8 Å². The second-order valence-electron chi connectivity index (χ2n) is 9.11. The summed E-state index contributed by atoms with van der Waals surface area (Å²) in [5.41, 5.74) is 2.07. The van der Waals surface area contributed by atoms with Crippen molar-refractivity contribution in [2.75, 3.05) is 26.2 Å². The van der Waals surface area contributed by atoms with Crippen LogP contribution in [-0.4, -0.2) is 38.1 Å². The number of carbonyl (C=O) groups excluding carboxylic acids is 2. The van der Waals surface area contributed by atoms with E-state index in [1.807, 2.05) is 18.2 Å². The van der Waals surface area contributed by atoms with Crippen molar-refractivity contribution in [3.8, 4) is 5.75 Å². The standard InChI is InChI=1S/C26H44N2O3/c1-7-9-17-28(18-10-8-2)19-16-27-24(29)14-15-25(30)31-26-22(20(3)4)12-11-13-23(26)21(5)6/h11-13,20-21H,7-10,14-19H2,1-6H3,(H,27,29)/p+1. The van der Waals surface area contributed by atoms with Gasteiger partial charge in [0.1, 0.15) is 5.75 Å². The number of unbranched alkanes of at least 4 members (excludes halogenated alkanes) is 2. The van der Waals surface area contributed by atoms with Crippen molar-refractivity contribution in [1.29, 1.82) is 0 Å². The lowest BCUT2D eigenvalue weighted by molar-refractivity contribution is -0.899. The summed E-state index contributed by atoms with van der Waals surface area (Å²) in [6, 6.07) is 6.04. The van der Waals surface area contributed by atoms with Crippen molar-refractivity contribution < 1.29 is 19.2 Å². The van der Waals surface area contributed by atoms with Crippen molar-refractivity contribution in [1.82, 2.24) is 5.32 Å². The van der Waals surface area contributed by atoms with E-state index in [1.165, 1.54) is 25.7 Å². The highest BCUT2D eigenvalue weighted by Gasteiger charge is 2.18. The Balaban J connectivity index is 2.52. The maximum absolute atomic E-state index is 12.5. The molecule has 1 amide bonds. The molecule has 0 aliphatic rings. The van der Waals surface area contributed by atoms with Gasteiger partial charge in [0.25, 0.3) is 0 Å². The van der Waals surface area contributed by atoms with Gasteiger partial charge in [0.15, 0.2) is 0 Å². The number of rotatable bonds is 15. The number of nitrogens with one attached hydrogen (secondary N) is 2. The van der Waals surface area contributed by atoms with Gasteiger partial charge in [-0.1, -0.05) is 72.6 Å². The number of hydrogen-bond acceptors (Lipinski definition) is 3. The van der Waals surface area contributed by atoms with Crippen LogP contribution in [0.5, 0.6) is 5.75 Å². The summed E-state index contributed by atoms with van der Waals surface area (Å²) in [4.78, 5) is 26.3. The van der Waals surface area contributed by atoms with Crippen molar-refractivity contribution in [3.05, 3.63) is 29.3 Å². The Kier molecular flexibility index (Phi) is 13.1. The van der Waals surface area contributed by atoms with Crippen LogP contribution in [0.2, 0.25) is 0 Å². The number of ether oxygens (including phenoxy) is 1. The molecule has 0 saturated heterocycles. The monoisotopic (exact) mass is 433 g/mol. The van der Waals surface area contributed by atoms with E-state index in [9.17, 15) is 9.59 Å². The largest absolute Gasteiger partial charge is 0.426 e. The van der Waals surface area contributed by atoms with Crippen molar-refractivity contribution >= 4 is 11.9 Å². The average molecular weight is 434 g/mol. The predicted molar refractivity (Wildman–Crippen MR) is 128 cm³/mol. The number of quaternary nitrogens is 1. The lowest BCUT2D eigenvalue weighted by atomic mass is 9.94. The molecule has 0 atom stereocenters. The van der Waals surface area contributed by atoms with Gasteiger partial charge in [0.05, 0.1) is 32.6 Å². The quantitative estimate of drug-likeness (QED) is 0.322. The van der Waals surface area contributed by atoms with Crippen LogP contribution in [0.25, 0.3) is 0 Å². The SMILES string of the molecule is CCCC[NH+](CCCC)CCNC(=O)CCC(=O)Oc1c(C(C)C)cccc1C(C)C. The van der Waals surface area contributed by atoms with Gasteiger partial charge in [0.2, 0.25) is 5.91 Å². The molecule has 1 rings (SSSR count).